The lowest BCUT2D eigenvalue weighted by molar-refractivity contribution is 0.612. The summed E-state index contributed by atoms with van der Waals surface area (Å²) in [5, 5.41) is 0.571. The van der Waals surface area contributed by atoms with Crippen molar-refractivity contribution in [1.82, 2.24) is 0 Å². The van der Waals surface area contributed by atoms with Gasteiger partial charge in [-0.3, -0.25) is 0 Å². The maximum atomic E-state index is 14.1. The highest BCUT2D eigenvalue weighted by Gasteiger charge is 2.19. The monoisotopic (exact) mass is 268 g/mol. The third kappa shape index (κ3) is 3.39. The second-order valence-electron chi connectivity index (χ2n) is 5.09. The Morgan fingerprint density at radius 1 is 1.56 bits per heavy atom. The summed E-state index contributed by atoms with van der Waals surface area (Å²) in [6.45, 7) is 5.99. The van der Waals surface area contributed by atoms with E-state index in [2.05, 4.69) is 11.8 Å². The largest absolute Gasteiger partial charge is 0.367 e. The Morgan fingerprint density at radius 2 is 2.33 bits per heavy atom. The minimum Gasteiger partial charge on any atom is -0.367 e. The van der Waals surface area contributed by atoms with Crippen LogP contribution < -0.4 is 10.6 Å². The van der Waals surface area contributed by atoms with Gasteiger partial charge in [0.25, 0.3) is 0 Å². The molecule has 1 heterocycles. The van der Waals surface area contributed by atoms with Crippen LogP contribution in [0.4, 0.5) is 10.1 Å². The summed E-state index contributed by atoms with van der Waals surface area (Å²) in [5.74, 6) is 0.953. The van der Waals surface area contributed by atoms with Crippen LogP contribution in [0.1, 0.15) is 19.4 Å². The van der Waals surface area contributed by atoms with Crippen LogP contribution in [0.25, 0.3) is 0 Å². The van der Waals surface area contributed by atoms with E-state index in [4.69, 9.17) is 5.73 Å². The smallest absolute Gasteiger partial charge is 0.146 e. The summed E-state index contributed by atoms with van der Waals surface area (Å²) < 4.78 is 14.1. The first kappa shape index (κ1) is 13.7. The molecule has 100 valence electrons. The molecule has 0 saturated carbocycles. The van der Waals surface area contributed by atoms with Gasteiger partial charge in [0, 0.05) is 30.1 Å². The highest BCUT2D eigenvalue weighted by molar-refractivity contribution is 8.00. The molecular weight excluding hydrogens is 247 g/mol. The fourth-order valence-electron chi connectivity index (χ4n) is 2.34. The number of rotatable bonds is 3. The molecule has 18 heavy (non-hydrogen) atoms. The number of hydrogen-bond acceptors (Lipinski definition) is 3. The molecule has 0 spiro atoms. The van der Waals surface area contributed by atoms with Crippen molar-refractivity contribution < 1.29 is 4.39 Å². The normalized spacial score (nSPS) is 22.0. The van der Waals surface area contributed by atoms with Gasteiger partial charge in [-0.25, -0.2) is 4.39 Å². The van der Waals surface area contributed by atoms with Crippen LogP contribution in [0.3, 0.4) is 0 Å². The zero-order valence-corrected chi connectivity index (χ0v) is 11.8. The molecule has 2 N–H and O–H groups in total. The molecule has 0 aromatic heterocycles. The Balaban J connectivity index is 2.13. The van der Waals surface area contributed by atoms with E-state index in [1.807, 2.05) is 30.8 Å². The van der Waals surface area contributed by atoms with Crippen molar-refractivity contribution in [3.05, 3.63) is 29.6 Å². The molecule has 0 amide bonds. The highest BCUT2D eigenvalue weighted by Crippen LogP contribution is 2.26. The number of benzene rings is 1. The number of anilines is 1. The third-order valence-electron chi connectivity index (χ3n) is 3.15. The lowest BCUT2D eigenvalue weighted by Gasteiger charge is -2.32. The zero-order chi connectivity index (χ0) is 13.1. The van der Waals surface area contributed by atoms with Crippen molar-refractivity contribution in [1.29, 1.82) is 0 Å². The van der Waals surface area contributed by atoms with Crippen LogP contribution in [0, 0.1) is 5.82 Å². The third-order valence-corrected chi connectivity index (χ3v) is 4.29. The van der Waals surface area contributed by atoms with Gasteiger partial charge < -0.3 is 10.6 Å². The molecular formula is C14H21FN2S. The molecule has 1 aliphatic rings. The Morgan fingerprint density at radius 3 is 2.94 bits per heavy atom. The Bertz CT molecular complexity index is 409. The molecule has 0 radical (unpaired) electrons. The maximum Gasteiger partial charge on any atom is 0.146 e. The standard InChI is InChI=1S/C14H21FN2S/c1-10(16)7-12-3-4-14(13(15)8-12)17-5-6-18-11(2)9-17/h3-4,8,10-11H,5-7,9,16H2,1-2H3. The average Bonchev–Trinajstić information content (AvgIpc) is 2.28. The molecule has 2 atom stereocenters. The van der Waals surface area contributed by atoms with E-state index < -0.39 is 0 Å². The minimum atomic E-state index is -0.118. The predicted octanol–water partition coefficient (Wildman–Crippen LogP) is 2.66. The first-order valence-electron chi connectivity index (χ1n) is 6.47. The quantitative estimate of drug-likeness (QED) is 0.914. The number of nitrogens with two attached hydrogens (primary N) is 1. The summed E-state index contributed by atoms with van der Waals surface area (Å²) in [4.78, 5) is 2.14. The van der Waals surface area contributed by atoms with Gasteiger partial charge in [0.2, 0.25) is 0 Å². The molecule has 2 unspecified atom stereocenters. The molecule has 1 fully saturated rings. The zero-order valence-electron chi connectivity index (χ0n) is 11.0. The molecule has 0 aliphatic carbocycles. The topological polar surface area (TPSA) is 29.3 Å². The minimum absolute atomic E-state index is 0.0710. The fourth-order valence-corrected chi connectivity index (χ4v) is 3.36. The Labute approximate surface area is 113 Å². The van der Waals surface area contributed by atoms with Crippen LogP contribution >= 0.6 is 11.8 Å². The van der Waals surface area contributed by atoms with Gasteiger partial charge in [-0.2, -0.15) is 11.8 Å². The molecule has 1 aliphatic heterocycles. The Kier molecular flexibility index (Phi) is 4.51. The van der Waals surface area contributed by atoms with E-state index in [-0.39, 0.29) is 11.9 Å². The van der Waals surface area contributed by atoms with Crippen molar-refractivity contribution in [3.63, 3.8) is 0 Å². The van der Waals surface area contributed by atoms with Gasteiger partial charge in [0.15, 0.2) is 0 Å². The van der Waals surface area contributed by atoms with Crippen LogP contribution in [-0.2, 0) is 6.42 Å². The summed E-state index contributed by atoms with van der Waals surface area (Å²) in [6, 6.07) is 5.59. The van der Waals surface area contributed by atoms with Gasteiger partial charge in [0.1, 0.15) is 5.82 Å². The summed E-state index contributed by atoms with van der Waals surface area (Å²) >= 11 is 1.95. The van der Waals surface area contributed by atoms with Crippen molar-refractivity contribution in [2.24, 2.45) is 5.73 Å². The van der Waals surface area contributed by atoms with Crippen molar-refractivity contribution in [2.75, 3.05) is 23.7 Å². The van der Waals surface area contributed by atoms with Crippen LogP contribution in [0.15, 0.2) is 18.2 Å². The van der Waals surface area contributed by atoms with Gasteiger partial charge in [-0.05, 0) is 31.0 Å². The molecule has 4 heteroatoms. The van der Waals surface area contributed by atoms with E-state index in [0.717, 1.165) is 36.5 Å². The second-order valence-corrected chi connectivity index (χ2v) is 6.64. The number of nitrogens with zero attached hydrogens (tertiary/aromatic N) is 1. The lowest BCUT2D eigenvalue weighted by atomic mass is 10.1. The molecule has 2 nitrogen and oxygen atoms in total. The predicted molar refractivity (Wildman–Crippen MR) is 77.9 cm³/mol. The van der Waals surface area contributed by atoms with Crippen LogP contribution in [0.2, 0.25) is 0 Å². The molecule has 1 aromatic carbocycles. The van der Waals surface area contributed by atoms with Crippen molar-refractivity contribution >= 4 is 17.4 Å². The number of hydrogen-bond donors (Lipinski definition) is 1. The van der Waals surface area contributed by atoms with Gasteiger partial charge in [-0.1, -0.05) is 13.0 Å². The maximum absolute atomic E-state index is 14.1. The lowest BCUT2D eigenvalue weighted by Crippen LogP contribution is -2.37. The van der Waals surface area contributed by atoms with Gasteiger partial charge in [0.05, 0.1) is 5.69 Å². The first-order chi connectivity index (χ1) is 8.56. The molecule has 1 saturated heterocycles. The van der Waals surface area contributed by atoms with E-state index in [1.54, 1.807) is 6.07 Å². The van der Waals surface area contributed by atoms with Gasteiger partial charge in [-0.15, -0.1) is 0 Å². The van der Waals surface area contributed by atoms with Crippen molar-refractivity contribution in [3.8, 4) is 0 Å². The number of halogens is 1. The van der Waals surface area contributed by atoms with Crippen molar-refractivity contribution in [2.45, 2.75) is 31.6 Å². The molecule has 0 bridgehead atoms. The van der Waals surface area contributed by atoms with E-state index >= 15 is 0 Å². The number of thioether (sulfide) groups is 1. The first-order valence-corrected chi connectivity index (χ1v) is 7.51. The average molecular weight is 268 g/mol. The highest BCUT2D eigenvalue weighted by atomic mass is 32.2. The molecule has 2 rings (SSSR count). The Hall–Kier alpha value is -0.740. The van der Waals surface area contributed by atoms with Crippen LogP contribution in [-0.4, -0.2) is 30.1 Å². The van der Waals surface area contributed by atoms with Crippen LogP contribution in [0.5, 0.6) is 0 Å². The van der Waals surface area contributed by atoms with E-state index in [1.165, 1.54) is 0 Å². The van der Waals surface area contributed by atoms with E-state index in [0.29, 0.717) is 5.25 Å². The summed E-state index contributed by atoms with van der Waals surface area (Å²) in [6.07, 6.45) is 0.726. The SMILES string of the molecule is CC(N)Cc1ccc(N2CCSC(C)C2)c(F)c1. The fraction of sp³-hybridized carbons (Fsp3) is 0.571. The second kappa shape index (κ2) is 5.93. The molecule has 1 aromatic rings. The summed E-state index contributed by atoms with van der Waals surface area (Å²) in [5.41, 5.74) is 7.45. The van der Waals surface area contributed by atoms with E-state index in [9.17, 15) is 4.39 Å². The van der Waals surface area contributed by atoms with Gasteiger partial charge >= 0.3 is 0 Å². The summed E-state index contributed by atoms with van der Waals surface area (Å²) in [7, 11) is 0.